The van der Waals surface area contributed by atoms with Crippen LogP contribution in [0.15, 0.2) is 91.4 Å². The van der Waals surface area contributed by atoms with Gasteiger partial charge in [-0.1, -0.05) is 60.7 Å². The minimum absolute atomic E-state index is 0.138. The molecule has 41 heavy (non-hydrogen) atoms. The second-order valence-electron chi connectivity index (χ2n) is 9.83. The van der Waals surface area contributed by atoms with E-state index >= 15 is 0 Å². The van der Waals surface area contributed by atoms with Gasteiger partial charge in [0.25, 0.3) is 5.91 Å². The molecule has 2 aromatic heterocycles. The fraction of sp³-hybridized carbons (Fsp3) is 0.188. The number of thioether (sulfide) groups is 1. The third kappa shape index (κ3) is 5.34. The summed E-state index contributed by atoms with van der Waals surface area (Å²) >= 11 is 1.84. The van der Waals surface area contributed by atoms with Crippen LogP contribution in [0.25, 0.3) is 22.0 Å². The predicted molar refractivity (Wildman–Crippen MR) is 161 cm³/mol. The molecule has 3 heterocycles. The van der Waals surface area contributed by atoms with Crippen LogP contribution in [0, 0.1) is 11.3 Å². The Morgan fingerprint density at radius 1 is 0.951 bits per heavy atom. The van der Waals surface area contributed by atoms with Gasteiger partial charge in [-0.05, 0) is 29.3 Å². The lowest BCUT2D eigenvalue weighted by Gasteiger charge is -2.27. The van der Waals surface area contributed by atoms with E-state index in [1.165, 1.54) is 0 Å². The molecular weight excluding hydrogens is 532 g/mol. The van der Waals surface area contributed by atoms with Crippen molar-refractivity contribution < 1.29 is 9.59 Å². The summed E-state index contributed by atoms with van der Waals surface area (Å²) in [5.41, 5.74) is 5.18. The normalized spacial score (nSPS) is 13.2. The number of hydrogen-bond acceptors (Lipinski definition) is 5. The Morgan fingerprint density at radius 3 is 2.44 bits per heavy atom. The van der Waals surface area contributed by atoms with Crippen molar-refractivity contribution in [3.63, 3.8) is 0 Å². The van der Waals surface area contributed by atoms with E-state index in [1.54, 1.807) is 29.2 Å². The number of nitrogens with zero attached hydrogens (tertiary/aromatic N) is 5. The van der Waals surface area contributed by atoms with Gasteiger partial charge in [-0.3, -0.25) is 9.36 Å². The van der Waals surface area contributed by atoms with Gasteiger partial charge in [0.05, 0.1) is 35.7 Å². The maximum absolute atomic E-state index is 14.1. The number of fused-ring (bicyclic) bond motifs is 1. The van der Waals surface area contributed by atoms with E-state index < -0.39 is 0 Å². The Labute approximate surface area is 242 Å². The van der Waals surface area contributed by atoms with Crippen LogP contribution < -0.4 is 5.32 Å². The number of benzene rings is 3. The van der Waals surface area contributed by atoms with Gasteiger partial charge in [0.2, 0.25) is 0 Å². The van der Waals surface area contributed by atoms with E-state index in [0.29, 0.717) is 36.4 Å². The summed E-state index contributed by atoms with van der Waals surface area (Å²) in [5.74, 6) is 1.62. The first kappa shape index (κ1) is 26.4. The molecule has 0 saturated carbocycles. The number of imidazole rings is 1. The SMILES string of the molecule is N#Cc1ccc(Cn2cncc2CNC(=O)n2c(C(=O)N3CCSCC3)c(-c3ccccc3)c3ccccc32)cc1. The first-order valence-corrected chi connectivity index (χ1v) is 14.6. The second kappa shape index (κ2) is 11.7. The Morgan fingerprint density at radius 2 is 1.68 bits per heavy atom. The summed E-state index contributed by atoms with van der Waals surface area (Å²) in [4.78, 5) is 34.2. The molecular formula is C32H28N6O2S. The molecule has 0 atom stereocenters. The lowest BCUT2D eigenvalue weighted by molar-refractivity contribution is 0.0764. The van der Waals surface area contributed by atoms with Crippen LogP contribution in [0.2, 0.25) is 0 Å². The van der Waals surface area contributed by atoms with Crippen molar-refractivity contribution in [1.29, 1.82) is 5.26 Å². The third-order valence-corrected chi connectivity index (χ3v) is 8.24. The smallest absolute Gasteiger partial charge is 0.327 e. The Bertz CT molecular complexity index is 1740. The lowest BCUT2D eigenvalue weighted by atomic mass is 10.0. The van der Waals surface area contributed by atoms with Crippen LogP contribution in [0.3, 0.4) is 0 Å². The van der Waals surface area contributed by atoms with Crippen molar-refractivity contribution in [1.82, 2.24) is 24.3 Å². The Hall–Kier alpha value is -4.81. The summed E-state index contributed by atoms with van der Waals surface area (Å²) in [5, 5.41) is 13.0. The molecule has 6 rings (SSSR count). The van der Waals surface area contributed by atoms with Gasteiger partial charge in [-0.25, -0.2) is 9.78 Å². The van der Waals surface area contributed by atoms with E-state index in [1.807, 2.05) is 88.0 Å². The molecule has 0 radical (unpaired) electrons. The van der Waals surface area contributed by atoms with E-state index in [4.69, 9.17) is 5.26 Å². The van der Waals surface area contributed by atoms with Gasteiger partial charge < -0.3 is 14.8 Å². The van der Waals surface area contributed by atoms with Gasteiger partial charge in [-0.2, -0.15) is 17.0 Å². The van der Waals surface area contributed by atoms with Gasteiger partial charge in [-0.15, -0.1) is 0 Å². The van der Waals surface area contributed by atoms with Gasteiger partial charge >= 0.3 is 6.03 Å². The molecule has 0 spiro atoms. The largest absolute Gasteiger partial charge is 0.336 e. The number of aromatic nitrogens is 3. The quantitative estimate of drug-likeness (QED) is 0.301. The molecule has 2 amide bonds. The van der Waals surface area contributed by atoms with Crippen LogP contribution in [0.4, 0.5) is 4.79 Å². The summed E-state index contributed by atoms with van der Waals surface area (Å²) in [6.45, 7) is 2.08. The average Bonchev–Trinajstić information content (AvgIpc) is 3.62. The highest BCUT2D eigenvalue weighted by atomic mass is 32.2. The molecule has 9 heteroatoms. The van der Waals surface area contributed by atoms with Gasteiger partial charge in [0, 0.05) is 48.3 Å². The molecule has 0 unspecified atom stereocenters. The average molecular weight is 561 g/mol. The number of para-hydroxylation sites is 1. The standard InChI is InChI=1S/C32H28N6O2S/c33-18-23-10-12-24(13-11-23)21-37-22-34-19-26(37)20-35-32(40)38-28-9-5-4-8-27(28)29(25-6-2-1-3-7-25)30(38)31(39)36-14-16-41-17-15-36/h1-13,19,22H,14-17,20-21H2,(H,35,40). The molecule has 0 aliphatic carbocycles. The highest BCUT2D eigenvalue weighted by molar-refractivity contribution is 7.99. The molecule has 204 valence electrons. The monoisotopic (exact) mass is 560 g/mol. The van der Waals surface area contributed by atoms with Crippen molar-refractivity contribution in [3.05, 3.63) is 114 Å². The van der Waals surface area contributed by atoms with Crippen LogP contribution in [0.5, 0.6) is 0 Å². The zero-order valence-electron chi connectivity index (χ0n) is 22.4. The maximum atomic E-state index is 14.1. The van der Waals surface area contributed by atoms with Crippen molar-refractivity contribution in [2.75, 3.05) is 24.6 Å². The number of nitriles is 1. The molecule has 5 aromatic rings. The second-order valence-corrected chi connectivity index (χ2v) is 11.1. The number of amides is 2. The highest BCUT2D eigenvalue weighted by Gasteiger charge is 2.30. The molecule has 1 fully saturated rings. The fourth-order valence-corrected chi connectivity index (χ4v) is 6.13. The van der Waals surface area contributed by atoms with Crippen LogP contribution in [0.1, 0.15) is 27.3 Å². The molecule has 1 saturated heterocycles. The zero-order chi connectivity index (χ0) is 28.2. The number of nitrogens with one attached hydrogen (secondary N) is 1. The topological polar surface area (TPSA) is 96.0 Å². The zero-order valence-corrected chi connectivity index (χ0v) is 23.2. The Balaban J connectivity index is 1.35. The molecule has 0 bridgehead atoms. The van der Waals surface area contributed by atoms with Crippen LogP contribution in [-0.2, 0) is 13.1 Å². The van der Waals surface area contributed by atoms with E-state index in [0.717, 1.165) is 39.3 Å². The van der Waals surface area contributed by atoms with Crippen LogP contribution in [-0.4, -0.2) is 55.6 Å². The first-order chi connectivity index (χ1) is 20.1. The van der Waals surface area contributed by atoms with Crippen molar-refractivity contribution in [2.45, 2.75) is 13.1 Å². The number of rotatable bonds is 6. The lowest BCUT2D eigenvalue weighted by Crippen LogP contribution is -2.40. The maximum Gasteiger partial charge on any atom is 0.327 e. The van der Waals surface area contributed by atoms with E-state index in [9.17, 15) is 9.59 Å². The van der Waals surface area contributed by atoms with Crippen LogP contribution >= 0.6 is 11.8 Å². The number of hydrogen-bond donors (Lipinski definition) is 1. The summed E-state index contributed by atoms with van der Waals surface area (Å²) in [7, 11) is 0. The van der Waals surface area contributed by atoms with Crippen molar-refractivity contribution >= 4 is 34.6 Å². The number of carbonyl (C=O) groups is 2. The summed E-state index contributed by atoms with van der Waals surface area (Å²) < 4.78 is 3.51. The number of carbonyl (C=O) groups excluding carboxylic acids is 2. The van der Waals surface area contributed by atoms with Crippen molar-refractivity contribution in [2.24, 2.45) is 0 Å². The van der Waals surface area contributed by atoms with Crippen molar-refractivity contribution in [3.8, 4) is 17.2 Å². The molecule has 1 aliphatic rings. The Kier molecular flexibility index (Phi) is 7.56. The highest BCUT2D eigenvalue weighted by Crippen LogP contribution is 2.36. The third-order valence-electron chi connectivity index (χ3n) is 7.30. The fourth-order valence-electron chi connectivity index (χ4n) is 5.23. The summed E-state index contributed by atoms with van der Waals surface area (Å²) in [6, 6.07) is 26.6. The van der Waals surface area contributed by atoms with E-state index in [2.05, 4.69) is 16.4 Å². The summed E-state index contributed by atoms with van der Waals surface area (Å²) in [6.07, 6.45) is 3.45. The van der Waals surface area contributed by atoms with Gasteiger partial charge in [0.1, 0.15) is 5.69 Å². The van der Waals surface area contributed by atoms with E-state index in [-0.39, 0.29) is 18.5 Å². The molecule has 1 aliphatic heterocycles. The molecule has 3 aromatic carbocycles. The first-order valence-electron chi connectivity index (χ1n) is 13.5. The molecule has 1 N–H and O–H groups in total. The molecule has 8 nitrogen and oxygen atoms in total. The minimum Gasteiger partial charge on any atom is -0.336 e. The minimum atomic E-state index is -0.371. The van der Waals surface area contributed by atoms with Gasteiger partial charge in [0.15, 0.2) is 0 Å². The predicted octanol–water partition coefficient (Wildman–Crippen LogP) is 5.37.